The van der Waals surface area contributed by atoms with Crippen LogP contribution in [0.5, 0.6) is 0 Å². The minimum absolute atomic E-state index is 0.00285. The fourth-order valence-electron chi connectivity index (χ4n) is 4.58. The van der Waals surface area contributed by atoms with E-state index >= 15 is 0 Å². The normalized spacial score (nSPS) is 15.7. The van der Waals surface area contributed by atoms with Crippen LogP contribution < -0.4 is 16.6 Å². The van der Waals surface area contributed by atoms with Gasteiger partial charge in [-0.3, -0.25) is 13.9 Å². The molecular weight excluding hydrogens is 410 g/mol. The van der Waals surface area contributed by atoms with Crippen LogP contribution in [-0.4, -0.2) is 35.8 Å². The van der Waals surface area contributed by atoms with Gasteiger partial charge >= 0.3 is 11.7 Å². The first-order chi connectivity index (χ1) is 15.3. The van der Waals surface area contributed by atoms with E-state index in [9.17, 15) is 19.5 Å². The van der Waals surface area contributed by atoms with Crippen molar-refractivity contribution in [3.63, 3.8) is 0 Å². The Kier molecular flexibility index (Phi) is 5.90. The molecule has 1 aromatic carbocycles. The first-order valence-electron chi connectivity index (χ1n) is 11.0. The van der Waals surface area contributed by atoms with Crippen LogP contribution in [-0.2, 0) is 25.4 Å². The lowest BCUT2D eigenvalue weighted by Gasteiger charge is -2.28. The van der Waals surface area contributed by atoms with Crippen molar-refractivity contribution in [3.05, 3.63) is 56.2 Å². The Balaban J connectivity index is 1.76. The van der Waals surface area contributed by atoms with Gasteiger partial charge in [-0.05, 0) is 31.2 Å². The van der Waals surface area contributed by atoms with Crippen molar-refractivity contribution in [1.29, 1.82) is 0 Å². The van der Waals surface area contributed by atoms with Crippen LogP contribution in [0.1, 0.15) is 43.2 Å². The number of hydrogen-bond acceptors (Lipinski definition) is 5. The second-order valence-electron chi connectivity index (χ2n) is 8.74. The van der Waals surface area contributed by atoms with Crippen LogP contribution in [0.2, 0.25) is 0 Å². The highest BCUT2D eigenvalue weighted by Crippen LogP contribution is 2.28. The van der Waals surface area contributed by atoms with Crippen molar-refractivity contribution in [1.82, 2.24) is 18.7 Å². The number of carboxylic acid groups (broad SMARTS) is 1. The van der Waals surface area contributed by atoms with E-state index in [1.54, 1.807) is 18.7 Å². The van der Waals surface area contributed by atoms with Gasteiger partial charge in [0.1, 0.15) is 6.04 Å². The fourth-order valence-corrected chi connectivity index (χ4v) is 4.58. The Morgan fingerprint density at radius 1 is 1.12 bits per heavy atom. The first kappa shape index (κ1) is 21.9. The summed E-state index contributed by atoms with van der Waals surface area (Å²) in [5.41, 5.74) is 1.52. The Hall–Kier alpha value is -3.36. The largest absolute Gasteiger partial charge is 0.480 e. The summed E-state index contributed by atoms with van der Waals surface area (Å²) in [5, 5.41) is 12.9. The summed E-state index contributed by atoms with van der Waals surface area (Å²) in [6.07, 6.45) is 4.83. The zero-order chi connectivity index (χ0) is 23.0. The number of hydrogen-bond donors (Lipinski definition) is 2. The standard InChI is InChI=1S/C23H29N5O4/c1-14-9-11-15(12-10-14)13-28-20(29)18-19(27(3)23(28)32)25-22(26(18)2)24-17(21(30)31)16-7-5-4-6-8-16/h9-12,16-17H,4-8,13H2,1-3H3,(H,24,25)(H,30,31). The van der Waals surface area contributed by atoms with Gasteiger partial charge in [0.2, 0.25) is 5.95 Å². The van der Waals surface area contributed by atoms with Crippen LogP contribution in [0.15, 0.2) is 33.9 Å². The van der Waals surface area contributed by atoms with Crippen molar-refractivity contribution in [3.8, 4) is 0 Å². The summed E-state index contributed by atoms with van der Waals surface area (Å²) in [4.78, 5) is 42.6. The Bertz CT molecular complexity index is 1260. The summed E-state index contributed by atoms with van der Waals surface area (Å²) in [6.45, 7) is 2.12. The van der Waals surface area contributed by atoms with Gasteiger partial charge in [-0.2, -0.15) is 4.98 Å². The highest BCUT2D eigenvalue weighted by atomic mass is 16.4. The topological polar surface area (TPSA) is 111 Å². The van der Waals surface area contributed by atoms with Crippen molar-refractivity contribution in [2.24, 2.45) is 20.0 Å². The molecule has 9 nitrogen and oxygen atoms in total. The van der Waals surface area contributed by atoms with E-state index in [-0.39, 0.29) is 29.6 Å². The van der Waals surface area contributed by atoms with E-state index in [1.807, 2.05) is 31.2 Å². The molecule has 3 aromatic rings. The number of nitrogens with zero attached hydrogens (tertiary/aromatic N) is 4. The van der Waals surface area contributed by atoms with Crippen LogP contribution in [0.25, 0.3) is 11.2 Å². The molecule has 1 unspecified atom stereocenters. The van der Waals surface area contributed by atoms with E-state index in [0.717, 1.165) is 43.2 Å². The summed E-state index contributed by atoms with van der Waals surface area (Å²) in [6, 6.07) is 6.86. The third-order valence-electron chi connectivity index (χ3n) is 6.49. The third-order valence-corrected chi connectivity index (χ3v) is 6.49. The van der Waals surface area contributed by atoms with Crippen molar-refractivity contribution < 1.29 is 9.90 Å². The van der Waals surface area contributed by atoms with E-state index in [4.69, 9.17) is 0 Å². The minimum atomic E-state index is -0.936. The molecule has 2 heterocycles. The van der Waals surface area contributed by atoms with Gasteiger partial charge in [-0.25, -0.2) is 9.59 Å². The molecule has 0 aliphatic heterocycles. The van der Waals surface area contributed by atoms with Gasteiger partial charge in [0.15, 0.2) is 11.2 Å². The second-order valence-corrected chi connectivity index (χ2v) is 8.74. The molecule has 2 N–H and O–H groups in total. The van der Waals surface area contributed by atoms with Crippen molar-refractivity contribution in [2.75, 3.05) is 5.32 Å². The summed E-state index contributed by atoms with van der Waals surface area (Å²) >= 11 is 0. The number of aliphatic carboxylic acids is 1. The lowest BCUT2D eigenvalue weighted by atomic mass is 9.84. The van der Waals surface area contributed by atoms with Crippen LogP contribution in [0, 0.1) is 12.8 Å². The highest BCUT2D eigenvalue weighted by molar-refractivity contribution is 5.79. The molecular formula is C23H29N5O4. The summed E-state index contributed by atoms with van der Waals surface area (Å²) in [5.74, 6) is -0.657. The Morgan fingerprint density at radius 2 is 1.78 bits per heavy atom. The SMILES string of the molecule is Cc1ccc(Cn2c(=O)c3c(nc(NC(C(=O)O)C4CCCCC4)n3C)n(C)c2=O)cc1. The maximum Gasteiger partial charge on any atom is 0.332 e. The van der Waals surface area contributed by atoms with Crippen LogP contribution >= 0.6 is 0 Å². The number of fused-ring (bicyclic) bond motifs is 1. The molecule has 1 saturated carbocycles. The third kappa shape index (κ3) is 3.94. The molecule has 0 spiro atoms. The lowest BCUT2D eigenvalue weighted by molar-refractivity contribution is -0.139. The van der Waals surface area contributed by atoms with E-state index in [0.29, 0.717) is 0 Å². The van der Waals surface area contributed by atoms with Crippen molar-refractivity contribution >= 4 is 23.1 Å². The maximum atomic E-state index is 13.3. The number of aromatic nitrogens is 4. The number of rotatable bonds is 6. The van der Waals surface area contributed by atoms with E-state index in [1.165, 1.54) is 9.13 Å². The predicted octanol–water partition coefficient (Wildman–Crippen LogP) is 2.24. The van der Waals surface area contributed by atoms with Gasteiger partial charge in [0, 0.05) is 14.1 Å². The lowest BCUT2D eigenvalue weighted by Crippen LogP contribution is -2.40. The average molecular weight is 440 g/mol. The molecule has 1 aliphatic carbocycles. The number of anilines is 1. The van der Waals surface area contributed by atoms with Gasteiger partial charge < -0.3 is 15.0 Å². The zero-order valence-electron chi connectivity index (χ0n) is 18.7. The van der Waals surface area contributed by atoms with Gasteiger partial charge in [-0.15, -0.1) is 0 Å². The highest BCUT2D eigenvalue weighted by Gasteiger charge is 2.31. The first-order valence-corrected chi connectivity index (χ1v) is 11.0. The molecule has 32 heavy (non-hydrogen) atoms. The Labute approximate surface area is 185 Å². The van der Waals surface area contributed by atoms with Crippen LogP contribution in [0.3, 0.4) is 0 Å². The number of benzene rings is 1. The molecule has 1 atom stereocenters. The smallest absolute Gasteiger partial charge is 0.332 e. The maximum absolute atomic E-state index is 13.3. The van der Waals surface area contributed by atoms with E-state index < -0.39 is 23.3 Å². The van der Waals surface area contributed by atoms with Gasteiger partial charge in [0.05, 0.1) is 6.54 Å². The summed E-state index contributed by atoms with van der Waals surface area (Å²) in [7, 11) is 3.24. The molecule has 1 aliphatic rings. The Morgan fingerprint density at radius 3 is 2.41 bits per heavy atom. The molecule has 1 fully saturated rings. The minimum Gasteiger partial charge on any atom is -0.480 e. The number of imidazole rings is 1. The summed E-state index contributed by atoms with van der Waals surface area (Å²) < 4.78 is 4.09. The molecule has 2 aromatic heterocycles. The number of nitrogens with one attached hydrogen (secondary N) is 1. The number of aryl methyl sites for hydroxylation is 3. The fraction of sp³-hybridized carbons (Fsp3) is 0.478. The van der Waals surface area contributed by atoms with Crippen molar-refractivity contribution in [2.45, 2.75) is 51.6 Å². The molecule has 0 saturated heterocycles. The predicted molar refractivity (Wildman–Crippen MR) is 122 cm³/mol. The molecule has 4 rings (SSSR count). The second kappa shape index (κ2) is 8.64. The molecule has 9 heteroatoms. The zero-order valence-corrected chi connectivity index (χ0v) is 18.7. The molecule has 0 amide bonds. The van der Waals surface area contributed by atoms with E-state index in [2.05, 4.69) is 10.3 Å². The quantitative estimate of drug-likeness (QED) is 0.609. The van der Waals surface area contributed by atoms with Crippen LogP contribution in [0.4, 0.5) is 5.95 Å². The molecule has 170 valence electrons. The van der Waals surface area contributed by atoms with Gasteiger partial charge in [-0.1, -0.05) is 49.1 Å². The molecule has 0 bridgehead atoms. The monoisotopic (exact) mass is 439 g/mol. The number of carbonyl (C=O) groups is 1. The molecule has 0 radical (unpaired) electrons. The average Bonchev–Trinajstić information content (AvgIpc) is 3.11. The van der Waals surface area contributed by atoms with Gasteiger partial charge in [0.25, 0.3) is 5.56 Å². The number of carboxylic acids is 1.